The van der Waals surface area contributed by atoms with Gasteiger partial charge in [0.05, 0.1) is 6.10 Å². The first kappa shape index (κ1) is 10.3. The predicted octanol–water partition coefficient (Wildman–Crippen LogP) is 2.73. The van der Waals surface area contributed by atoms with Gasteiger partial charge in [-0.3, -0.25) is 0 Å². The van der Waals surface area contributed by atoms with E-state index >= 15 is 0 Å². The van der Waals surface area contributed by atoms with E-state index in [1.807, 2.05) is 25.4 Å². The zero-order chi connectivity index (χ0) is 9.68. The molecule has 0 aliphatic heterocycles. The Morgan fingerprint density at radius 3 is 2.85 bits per heavy atom. The number of hydrogen-bond acceptors (Lipinski definition) is 1. The fourth-order valence-electron chi connectivity index (χ4n) is 1.37. The van der Waals surface area contributed by atoms with Gasteiger partial charge in [-0.2, -0.15) is 0 Å². The van der Waals surface area contributed by atoms with Crippen LogP contribution in [0.25, 0.3) is 0 Å². The highest BCUT2D eigenvalue weighted by Gasteiger charge is 2.05. The summed E-state index contributed by atoms with van der Waals surface area (Å²) >= 11 is 0. The molecule has 2 nitrogen and oxygen atoms in total. The minimum Gasteiger partial charge on any atom is -0.388 e. The maximum Gasteiger partial charge on any atom is 0.0802 e. The summed E-state index contributed by atoms with van der Waals surface area (Å²) in [6, 6.07) is 2.00. The van der Waals surface area contributed by atoms with E-state index < -0.39 is 0 Å². The van der Waals surface area contributed by atoms with Crippen molar-refractivity contribution in [2.45, 2.75) is 45.8 Å². The monoisotopic (exact) mass is 181 g/mol. The fourth-order valence-corrected chi connectivity index (χ4v) is 1.37. The van der Waals surface area contributed by atoms with Gasteiger partial charge >= 0.3 is 0 Å². The van der Waals surface area contributed by atoms with E-state index in [9.17, 15) is 5.11 Å². The molecule has 1 N–H and O–H groups in total. The number of rotatable bonds is 5. The second-order valence-electron chi connectivity index (χ2n) is 3.46. The van der Waals surface area contributed by atoms with Crippen LogP contribution in [0.4, 0.5) is 0 Å². The van der Waals surface area contributed by atoms with Crippen LogP contribution in [0.2, 0.25) is 0 Å². The topological polar surface area (TPSA) is 25.2 Å². The highest BCUT2D eigenvalue weighted by molar-refractivity contribution is 5.13. The van der Waals surface area contributed by atoms with Crippen LogP contribution in [-0.2, 0) is 6.54 Å². The Morgan fingerprint density at radius 2 is 2.23 bits per heavy atom. The maximum atomic E-state index is 9.55. The van der Waals surface area contributed by atoms with E-state index in [-0.39, 0.29) is 6.10 Å². The molecule has 1 unspecified atom stereocenters. The van der Waals surface area contributed by atoms with Crippen molar-refractivity contribution in [1.82, 2.24) is 4.57 Å². The lowest BCUT2D eigenvalue weighted by molar-refractivity contribution is 0.173. The molecule has 0 saturated carbocycles. The third-order valence-electron chi connectivity index (χ3n) is 2.31. The van der Waals surface area contributed by atoms with E-state index in [0.29, 0.717) is 0 Å². The second kappa shape index (κ2) is 5.07. The van der Waals surface area contributed by atoms with Crippen LogP contribution in [0.1, 0.15) is 44.8 Å². The van der Waals surface area contributed by atoms with Crippen molar-refractivity contribution in [3.05, 3.63) is 24.0 Å². The normalized spacial score (nSPS) is 13.2. The van der Waals surface area contributed by atoms with Gasteiger partial charge < -0.3 is 9.67 Å². The standard InChI is InChI=1S/C11H19NO/c1-3-5-7-12-8-6-10(9-12)11(13)4-2/h6,8-9,11,13H,3-5,7H2,1-2H3. The Hall–Kier alpha value is -0.760. The molecule has 2 heteroatoms. The number of hydrogen-bond donors (Lipinski definition) is 1. The molecule has 0 fully saturated rings. The predicted molar refractivity (Wildman–Crippen MR) is 54.6 cm³/mol. The molecule has 0 saturated heterocycles. The highest BCUT2D eigenvalue weighted by Crippen LogP contribution is 2.16. The molecule has 1 atom stereocenters. The smallest absolute Gasteiger partial charge is 0.0802 e. The third-order valence-corrected chi connectivity index (χ3v) is 2.31. The Bertz CT molecular complexity index is 242. The van der Waals surface area contributed by atoms with Gasteiger partial charge in [-0.05, 0) is 24.5 Å². The van der Waals surface area contributed by atoms with Gasteiger partial charge in [0.1, 0.15) is 0 Å². The van der Waals surface area contributed by atoms with Crippen molar-refractivity contribution in [1.29, 1.82) is 0 Å². The Morgan fingerprint density at radius 1 is 1.46 bits per heavy atom. The van der Waals surface area contributed by atoms with E-state index in [1.54, 1.807) is 0 Å². The average molecular weight is 181 g/mol. The molecule has 0 aliphatic rings. The van der Waals surface area contributed by atoms with Crippen LogP contribution >= 0.6 is 0 Å². The van der Waals surface area contributed by atoms with Crippen LogP contribution in [0.3, 0.4) is 0 Å². The van der Waals surface area contributed by atoms with Gasteiger partial charge in [-0.1, -0.05) is 20.3 Å². The summed E-state index contributed by atoms with van der Waals surface area (Å²) in [5, 5.41) is 9.55. The summed E-state index contributed by atoms with van der Waals surface area (Å²) < 4.78 is 2.15. The number of nitrogens with zero attached hydrogens (tertiary/aromatic N) is 1. The lowest BCUT2D eigenvalue weighted by Crippen LogP contribution is -1.95. The highest BCUT2D eigenvalue weighted by atomic mass is 16.3. The lowest BCUT2D eigenvalue weighted by atomic mass is 10.1. The van der Waals surface area contributed by atoms with Gasteiger partial charge in [-0.25, -0.2) is 0 Å². The van der Waals surface area contributed by atoms with Crippen LogP contribution in [0, 0.1) is 0 Å². The van der Waals surface area contributed by atoms with Crippen molar-refractivity contribution < 1.29 is 5.11 Å². The molecule has 1 rings (SSSR count). The first-order valence-corrected chi connectivity index (χ1v) is 5.11. The van der Waals surface area contributed by atoms with E-state index in [1.165, 1.54) is 12.8 Å². The van der Waals surface area contributed by atoms with Gasteiger partial charge in [0, 0.05) is 18.9 Å². The van der Waals surface area contributed by atoms with Gasteiger partial charge in [0.15, 0.2) is 0 Å². The third kappa shape index (κ3) is 2.88. The zero-order valence-electron chi connectivity index (χ0n) is 8.53. The van der Waals surface area contributed by atoms with Crippen molar-refractivity contribution in [2.75, 3.05) is 0 Å². The van der Waals surface area contributed by atoms with Crippen molar-refractivity contribution in [3.63, 3.8) is 0 Å². The van der Waals surface area contributed by atoms with E-state index in [2.05, 4.69) is 11.5 Å². The molecule has 0 aliphatic carbocycles. The second-order valence-corrected chi connectivity index (χ2v) is 3.46. The minimum absolute atomic E-state index is 0.289. The molecule has 1 aromatic heterocycles. The number of aryl methyl sites for hydroxylation is 1. The van der Waals surface area contributed by atoms with E-state index in [4.69, 9.17) is 0 Å². The maximum absolute atomic E-state index is 9.55. The first-order chi connectivity index (χ1) is 6.27. The Labute approximate surface area is 80.2 Å². The molecule has 1 aromatic rings. The van der Waals surface area contributed by atoms with Crippen molar-refractivity contribution in [2.24, 2.45) is 0 Å². The van der Waals surface area contributed by atoms with Gasteiger partial charge in [-0.15, -0.1) is 0 Å². The average Bonchev–Trinajstić information content (AvgIpc) is 2.62. The zero-order valence-corrected chi connectivity index (χ0v) is 8.53. The quantitative estimate of drug-likeness (QED) is 0.742. The summed E-state index contributed by atoms with van der Waals surface area (Å²) in [5.74, 6) is 0. The minimum atomic E-state index is -0.289. The number of aromatic nitrogens is 1. The van der Waals surface area contributed by atoms with Gasteiger partial charge in [0.2, 0.25) is 0 Å². The Balaban J connectivity index is 2.53. The summed E-state index contributed by atoms with van der Waals surface area (Å²) in [4.78, 5) is 0. The molecule has 0 bridgehead atoms. The first-order valence-electron chi connectivity index (χ1n) is 5.11. The molecule has 1 heterocycles. The summed E-state index contributed by atoms with van der Waals surface area (Å²) in [7, 11) is 0. The van der Waals surface area contributed by atoms with E-state index in [0.717, 1.165) is 18.5 Å². The molecular formula is C11H19NO. The molecule has 0 radical (unpaired) electrons. The molecule has 13 heavy (non-hydrogen) atoms. The Kier molecular flexibility index (Phi) is 4.03. The molecule has 74 valence electrons. The number of unbranched alkanes of at least 4 members (excludes halogenated alkanes) is 1. The summed E-state index contributed by atoms with van der Waals surface area (Å²) in [5.41, 5.74) is 1.04. The van der Waals surface area contributed by atoms with Gasteiger partial charge in [0.25, 0.3) is 0 Å². The molecule has 0 aromatic carbocycles. The van der Waals surface area contributed by atoms with Crippen LogP contribution < -0.4 is 0 Å². The molecule has 0 spiro atoms. The SMILES string of the molecule is CCCCn1ccc(C(O)CC)c1. The number of aliphatic hydroxyl groups is 1. The summed E-state index contributed by atoms with van der Waals surface area (Å²) in [6.07, 6.45) is 7.01. The van der Waals surface area contributed by atoms with Crippen LogP contribution in [0.5, 0.6) is 0 Å². The van der Waals surface area contributed by atoms with Crippen LogP contribution in [-0.4, -0.2) is 9.67 Å². The fraction of sp³-hybridized carbons (Fsp3) is 0.636. The molecular weight excluding hydrogens is 162 g/mol. The van der Waals surface area contributed by atoms with Crippen LogP contribution in [0.15, 0.2) is 18.5 Å². The largest absolute Gasteiger partial charge is 0.388 e. The van der Waals surface area contributed by atoms with Crippen molar-refractivity contribution >= 4 is 0 Å². The number of aliphatic hydroxyl groups excluding tert-OH is 1. The lowest BCUT2D eigenvalue weighted by Gasteiger charge is -2.04. The summed E-state index contributed by atoms with van der Waals surface area (Å²) in [6.45, 7) is 5.24. The molecule has 0 amide bonds. The van der Waals surface area contributed by atoms with Crippen molar-refractivity contribution in [3.8, 4) is 0 Å².